The van der Waals surface area contributed by atoms with Crippen LogP contribution in [-0.4, -0.2) is 25.1 Å². The summed E-state index contributed by atoms with van der Waals surface area (Å²) in [6.45, 7) is -0.752. The lowest BCUT2D eigenvalue weighted by Gasteiger charge is -2.08. The summed E-state index contributed by atoms with van der Waals surface area (Å²) in [7, 11) is 0. The van der Waals surface area contributed by atoms with Gasteiger partial charge in [-0.05, 0) is 42.5 Å². The highest BCUT2D eigenvalue weighted by Gasteiger charge is 2.09. The lowest BCUT2D eigenvalue weighted by molar-refractivity contribution is -0.149. The predicted molar refractivity (Wildman–Crippen MR) is 85.6 cm³/mol. The van der Waals surface area contributed by atoms with Crippen molar-refractivity contribution >= 4 is 33.5 Å². The molecule has 0 aliphatic rings. The minimum absolute atomic E-state index is 0.305. The zero-order valence-corrected chi connectivity index (χ0v) is 13.5. The van der Waals surface area contributed by atoms with Gasteiger partial charge in [-0.15, -0.1) is 0 Å². The molecule has 1 amide bonds. The number of halogens is 2. The van der Waals surface area contributed by atoms with E-state index in [2.05, 4.69) is 21.2 Å². The van der Waals surface area contributed by atoms with Gasteiger partial charge in [0.05, 0.1) is 0 Å². The molecule has 0 atom stereocenters. The molecule has 0 aliphatic carbocycles. The fourth-order valence-electron chi connectivity index (χ4n) is 1.62. The molecule has 2 aromatic carbocycles. The van der Waals surface area contributed by atoms with Gasteiger partial charge in [0.2, 0.25) is 0 Å². The predicted octanol–water partition coefficient (Wildman–Crippen LogP) is 3.15. The molecule has 0 radical (unpaired) electrons. The number of carbonyl (C=O) groups excluding carboxylic acids is 2. The first kappa shape index (κ1) is 17.0. The summed E-state index contributed by atoms with van der Waals surface area (Å²) in [6, 6.07) is 12.2. The summed E-state index contributed by atoms with van der Waals surface area (Å²) >= 11 is 3.28. The molecule has 0 saturated carbocycles. The van der Waals surface area contributed by atoms with Crippen LogP contribution in [0.25, 0.3) is 0 Å². The second kappa shape index (κ2) is 8.28. The minimum atomic E-state index is -0.667. The molecule has 0 saturated heterocycles. The smallest absolute Gasteiger partial charge is 0.344 e. The van der Waals surface area contributed by atoms with Crippen LogP contribution in [-0.2, 0) is 14.3 Å². The third-order valence-electron chi connectivity index (χ3n) is 2.64. The van der Waals surface area contributed by atoms with Gasteiger partial charge in [0.15, 0.2) is 13.2 Å². The molecule has 0 spiro atoms. The Morgan fingerprint density at radius 3 is 2.52 bits per heavy atom. The Hall–Kier alpha value is -2.41. The third-order valence-corrected chi connectivity index (χ3v) is 3.14. The Labute approximate surface area is 140 Å². The summed E-state index contributed by atoms with van der Waals surface area (Å²) in [5.74, 6) is -1.09. The lowest BCUT2D eigenvalue weighted by Crippen LogP contribution is -2.23. The van der Waals surface area contributed by atoms with Crippen molar-refractivity contribution in [2.45, 2.75) is 0 Å². The van der Waals surface area contributed by atoms with Crippen LogP contribution in [0.4, 0.5) is 10.1 Å². The second-order valence-electron chi connectivity index (χ2n) is 4.46. The van der Waals surface area contributed by atoms with E-state index < -0.39 is 24.3 Å². The van der Waals surface area contributed by atoms with Gasteiger partial charge in [0.1, 0.15) is 11.6 Å². The van der Waals surface area contributed by atoms with Gasteiger partial charge in [-0.2, -0.15) is 0 Å². The van der Waals surface area contributed by atoms with Crippen molar-refractivity contribution in [3.8, 4) is 5.75 Å². The van der Waals surface area contributed by atoms with Gasteiger partial charge >= 0.3 is 5.97 Å². The van der Waals surface area contributed by atoms with Crippen LogP contribution in [0.5, 0.6) is 5.75 Å². The highest BCUT2D eigenvalue weighted by Crippen LogP contribution is 2.17. The Bertz CT molecular complexity index is 691. The van der Waals surface area contributed by atoms with E-state index in [1.54, 1.807) is 18.2 Å². The van der Waals surface area contributed by atoms with Crippen molar-refractivity contribution < 1.29 is 23.5 Å². The fourth-order valence-corrected chi connectivity index (χ4v) is 2.00. The van der Waals surface area contributed by atoms with E-state index in [9.17, 15) is 14.0 Å². The molecule has 0 aliphatic heterocycles. The number of amides is 1. The SMILES string of the molecule is O=C(COC(=O)COc1cccc(Br)c1)Nc1ccc(F)cc1. The maximum Gasteiger partial charge on any atom is 0.344 e. The largest absolute Gasteiger partial charge is 0.482 e. The number of esters is 1. The standard InChI is InChI=1S/C16H13BrFNO4/c17-11-2-1-3-14(8-11)22-10-16(21)23-9-15(20)19-13-6-4-12(18)5-7-13/h1-8H,9-10H2,(H,19,20). The molecule has 2 aromatic rings. The van der Waals surface area contributed by atoms with Crippen LogP contribution in [0.1, 0.15) is 0 Å². The van der Waals surface area contributed by atoms with E-state index >= 15 is 0 Å². The van der Waals surface area contributed by atoms with E-state index in [1.807, 2.05) is 6.07 Å². The highest BCUT2D eigenvalue weighted by molar-refractivity contribution is 9.10. The van der Waals surface area contributed by atoms with Crippen molar-refractivity contribution in [2.24, 2.45) is 0 Å². The third kappa shape index (κ3) is 6.07. The first-order valence-corrected chi connectivity index (χ1v) is 7.41. The first-order valence-electron chi connectivity index (χ1n) is 6.62. The molecular weight excluding hydrogens is 369 g/mol. The van der Waals surface area contributed by atoms with Gasteiger partial charge in [0.25, 0.3) is 5.91 Å². The quantitative estimate of drug-likeness (QED) is 0.780. The zero-order valence-electron chi connectivity index (χ0n) is 11.9. The lowest BCUT2D eigenvalue weighted by atomic mass is 10.3. The molecule has 0 fully saturated rings. The fraction of sp³-hybridized carbons (Fsp3) is 0.125. The Kier molecular flexibility index (Phi) is 6.10. The van der Waals surface area contributed by atoms with E-state index in [-0.39, 0.29) is 6.61 Å². The summed E-state index contributed by atoms with van der Waals surface area (Å²) in [6.07, 6.45) is 0. The number of benzene rings is 2. The summed E-state index contributed by atoms with van der Waals surface area (Å²) in [5.41, 5.74) is 0.415. The van der Waals surface area contributed by atoms with Crippen LogP contribution < -0.4 is 10.1 Å². The van der Waals surface area contributed by atoms with E-state index in [0.717, 1.165) is 4.47 Å². The summed E-state index contributed by atoms with van der Waals surface area (Å²) < 4.78 is 23.6. The minimum Gasteiger partial charge on any atom is -0.482 e. The average molecular weight is 382 g/mol. The number of carbonyl (C=O) groups is 2. The number of ether oxygens (including phenoxy) is 2. The van der Waals surface area contributed by atoms with Crippen LogP contribution in [0.15, 0.2) is 53.0 Å². The molecule has 1 N–H and O–H groups in total. The number of anilines is 1. The van der Waals surface area contributed by atoms with Crippen molar-refractivity contribution in [3.63, 3.8) is 0 Å². The molecule has 7 heteroatoms. The maximum absolute atomic E-state index is 12.7. The van der Waals surface area contributed by atoms with Crippen LogP contribution in [0.2, 0.25) is 0 Å². The Morgan fingerprint density at radius 2 is 1.83 bits per heavy atom. The number of rotatable bonds is 6. The van der Waals surface area contributed by atoms with Crippen LogP contribution >= 0.6 is 15.9 Å². The van der Waals surface area contributed by atoms with E-state index in [4.69, 9.17) is 9.47 Å². The van der Waals surface area contributed by atoms with Gasteiger partial charge in [-0.3, -0.25) is 4.79 Å². The molecule has 2 rings (SSSR count). The first-order chi connectivity index (χ1) is 11.0. The van der Waals surface area contributed by atoms with Crippen molar-refractivity contribution in [1.29, 1.82) is 0 Å². The van der Waals surface area contributed by atoms with Crippen molar-refractivity contribution in [2.75, 3.05) is 18.5 Å². The molecule has 23 heavy (non-hydrogen) atoms. The Morgan fingerprint density at radius 1 is 1.09 bits per heavy atom. The highest BCUT2D eigenvalue weighted by atomic mass is 79.9. The molecule has 5 nitrogen and oxygen atoms in total. The molecular formula is C16H13BrFNO4. The number of hydrogen-bond acceptors (Lipinski definition) is 4. The molecule has 0 aromatic heterocycles. The Balaban J connectivity index is 1.71. The van der Waals surface area contributed by atoms with Crippen LogP contribution in [0, 0.1) is 5.82 Å². The zero-order chi connectivity index (χ0) is 16.7. The number of hydrogen-bond donors (Lipinski definition) is 1. The monoisotopic (exact) mass is 381 g/mol. The van der Waals surface area contributed by atoms with Crippen LogP contribution in [0.3, 0.4) is 0 Å². The summed E-state index contributed by atoms with van der Waals surface area (Å²) in [5, 5.41) is 2.48. The van der Waals surface area contributed by atoms with E-state index in [1.165, 1.54) is 24.3 Å². The van der Waals surface area contributed by atoms with Crippen molar-refractivity contribution in [3.05, 3.63) is 58.8 Å². The molecule has 0 heterocycles. The van der Waals surface area contributed by atoms with Crippen molar-refractivity contribution in [1.82, 2.24) is 0 Å². The molecule has 0 unspecified atom stereocenters. The van der Waals surface area contributed by atoms with Gasteiger partial charge in [-0.25, -0.2) is 9.18 Å². The normalized spacial score (nSPS) is 10.0. The van der Waals surface area contributed by atoms with E-state index in [0.29, 0.717) is 11.4 Å². The number of nitrogens with one attached hydrogen (secondary N) is 1. The van der Waals surface area contributed by atoms with Gasteiger partial charge < -0.3 is 14.8 Å². The molecule has 0 bridgehead atoms. The maximum atomic E-state index is 12.7. The van der Waals surface area contributed by atoms with Gasteiger partial charge in [-0.1, -0.05) is 22.0 Å². The summed E-state index contributed by atoms with van der Waals surface area (Å²) in [4.78, 5) is 23.1. The second-order valence-corrected chi connectivity index (χ2v) is 5.38. The van der Waals surface area contributed by atoms with Gasteiger partial charge in [0, 0.05) is 10.2 Å². The average Bonchev–Trinajstić information content (AvgIpc) is 2.53. The molecule has 120 valence electrons. The topological polar surface area (TPSA) is 64.6 Å².